The molecule has 8 rings (SSSR count). The topological polar surface area (TPSA) is 95.0 Å². The van der Waals surface area contributed by atoms with Crippen LogP contribution in [0, 0.1) is 23.7 Å². The molecule has 0 aromatic heterocycles. The smallest absolute Gasteiger partial charge is 0.246 e. The van der Waals surface area contributed by atoms with E-state index < -0.39 is 46.8 Å². The van der Waals surface area contributed by atoms with E-state index in [1.807, 2.05) is 36.4 Å². The summed E-state index contributed by atoms with van der Waals surface area (Å²) in [5.41, 5.74) is 0.920. The third-order valence-corrected chi connectivity index (χ3v) is 11.3. The van der Waals surface area contributed by atoms with Crippen LogP contribution in [0.25, 0.3) is 0 Å². The standard InChI is InChI=1S/C38H27Cl3N2O5/c39-21-9-12-24(13-10-21)42-34(45)27-15-14-26-28(32(27)36(42)47)19-30-35(46)43(25-8-4-7-22(40)17-25)37(48)38(30,20-5-2-1-3-6-20)33(26)29-18-23(41)11-16-31(29)44/h1-14,16-18,27-28,30,32-33,44H,15,19H2. The maximum absolute atomic E-state index is 15.2. The van der Waals surface area contributed by atoms with Crippen LogP contribution in [0.1, 0.15) is 29.9 Å². The fraction of sp³-hybridized carbons (Fsp3) is 0.211. The van der Waals surface area contributed by atoms with Crippen molar-refractivity contribution in [3.8, 4) is 5.75 Å². The Morgan fingerprint density at radius 3 is 2.10 bits per heavy atom. The van der Waals surface area contributed by atoms with Crippen LogP contribution >= 0.6 is 34.8 Å². The summed E-state index contributed by atoms with van der Waals surface area (Å²) in [6, 6.07) is 26.9. The number of allylic oxidation sites excluding steroid dienone is 2. The van der Waals surface area contributed by atoms with Crippen molar-refractivity contribution < 1.29 is 24.3 Å². The van der Waals surface area contributed by atoms with Crippen molar-refractivity contribution in [3.63, 3.8) is 0 Å². The Bertz CT molecular complexity index is 2070. The van der Waals surface area contributed by atoms with Gasteiger partial charge in [0.2, 0.25) is 23.6 Å². The average Bonchev–Trinajstić information content (AvgIpc) is 3.47. The van der Waals surface area contributed by atoms with E-state index in [0.717, 1.165) is 5.57 Å². The van der Waals surface area contributed by atoms with Gasteiger partial charge in [0.1, 0.15) is 5.75 Å². The molecular formula is C38H27Cl3N2O5. The van der Waals surface area contributed by atoms with Crippen molar-refractivity contribution in [1.82, 2.24) is 0 Å². The highest BCUT2D eigenvalue weighted by Crippen LogP contribution is 2.65. The van der Waals surface area contributed by atoms with Gasteiger partial charge in [-0.2, -0.15) is 0 Å². The number of halogens is 3. The van der Waals surface area contributed by atoms with Crippen molar-refractivity contribution >= 4 is 69.8 Å². The number of rotatable bonds is 4. The molecule has 2 heterocycles. The van der Waals surface area contributed by atoms with Crippen LogP contribution in [-0.4, -0.2) is 28.7 Å². The summed E-state index contributed by atoms with van der Waals surface area (Å²) in [5, 5.41) is 12.6. The predicted molar refractivity (Wildman–Crippen MR) is 183 cm³/mol. The van der Waals surface area contributed by atoms with E-state index in [2.05, 4.69) is 0 Å². The number of imide groups is 2. The lowest BCUT2D eigenvalue weighted by Gasteiger charge is -2.50. The zero-order valence-corrected chi connectivity index (χ0v) is 27.5. The van der Waals surface area contributed by atoms with Gasteiger partial charge < -0.3 is 5.11 Å². The summed E-state index contributed by atoms with van der Waals surface area (Å²) in [5.74, 6) is -5.56. The number of hydrogen-bond donors (Lipinski definition) is 1. The molecule has 7 nitrogen and oxygen atoms in total. The lowest BCUT2D eigenvalue weighted by molar-refractivity contribution is -0.127. The summed E-state index contributed by atoms with van der Waals surface area (Å²) in [7, 11) is 0. The number of hydrogen-bond acceptors (Lipinski definition) is 5. The number of carbonyl (C=O) groups excluding carboxylic acids is 4. The van der Waals surface area contributed by atoms with Crippen LogP contribution in [0.4, 0.5) is 11.4 Å². The summed E-state index contributed by atoms with van der Waals surface area (Å²) < 4.78 is 0. The zero-order chi connectivity index (χ0) is 33.5. The van der Waals surface area contributed by atoms with Gasteiger partial charge in [-0.15, -0.1) is 0 Å². The number of fused-ring (bicyclic) bond motifs is 4. The first-order valence-corrected chi connectivity index (χ1v) is 16.8. The van der Waals surface area contributed by atoms with Crippen LogP contribution in [-0.2, 0) is 24.6 Å². The number of benzene rings is 4. The number of amides is 4. The molecule has 10 heteroatoms. The maximum Gasteiger partial charge on any atom is 0.246 e. The molecule has 2 aliphatic carbocycles. The molecule has 4 aromatic carbocycles. The normalized spacial score (nSPS) is 27.9. The van der Waals surface area contributed by atoms with Crippen LogP contribution in [0.15, 0.2) is 109 Å². The first-order chi connectivity index (χ1) is 23.1. The maximum atomic E-state index is 15.2. The van der Waals surface area contributed by atoms with Crippen LogP contribution in [0.3, 0.4) is 0 Å². The van der Waals surface area contributed by atoms with Crippen LogP contribution in [0.2, 0.25) is 15.1 Å². The Morgan fingerprint density at radius 1 is 0.667 bits per heavy atom. The molecule has 4 amide bonds. The van der Waals surface area contributed by atoms with E-state index in [1.54, 1.807) is 60.7 Å². The van der Waals surface area contributed by atoms with Crippen molar-refractivity contribution in [1.29, 1.82) is 0 Å². The van der Waals surface area contributed by atoms with Gasteiger partial charge in [-0.05, 0) is 85.0 Å². The minimum Gasteiger partial charge on any atom is -0.508 e. The Kier molecular flexibility index (Phi) is 7.29. The molecule has 1 saturated carbocycles. The van der Waals surface area contributed by atoms with Gasteiger partial charge in [0, 0.05) is 26.5 Å². The lowest BCUT2D eigenvalue weighted by atomic mass is 9.49. The van der Waals surface area contributed by atoms with Gasteiger partial charge in [0.25, 0.3) is 0 Å². The summed E-state index contributed by atoms with van der Waals surface area (Å²) in [6.07, 6.45) is 2.32. The van der Waals surface area contributed by atoms with Gasteiger partial charge in [0.05, 0.1) is 34.5 Å². The summed E-state index contributed by atoms with van der Waals surface area (Å²) in [4.78, 5) is 60.7. The molecule has 4 aromatic rings. The van der Waals surface area contributed by atoms with E-state index in [0.29, 0.717) is 37.6 Å². The summed E-state index contributed by atoms with van der Waals surface area (Å²) >= 11 is 19.0. The van der Waals surface area contributed by atoms with Crippen molar-refractivity contribution in [2.24, 2.45) is 23.7 Å². The highest BCUT2D eigenvalue weighted by molar-refractivity contribution is 6.32. The first-order valence-electron chi connectivity index (χ1n) is 15.6. The molecule has 3 fully saturated rings. The van der Waals surface area contributed by atoms with E-state index in [4.69, 9.17) is 34.8 Å². The van der Waals surface area contributed by atoms with Gasteiger partial charge in [-0.3, -0.25) is 24.1 Å². The van der Waals surface area contributed by atoms with Gasteiger partial charge in [-0.1, -0.05) is 82.9 Å². The van der Waals surface area contributed by atoms with E-state index in [1.165, 1.54) is 15.9 Å². The molecule has 1 N–H and O–H groups in total. The van der Waals surface area contributed by atoms with E-state index in [-0.39, 0.29) is 30.4 Å². The molecule has 240 valence electrons. The van der Waals surface area contributed by atoms with Gasteiger partial charge >= 0.3 is 0 Å². The molecule has 48 heavy (non-hydrogen) atoms. The molecule has 2 aliphatic heterocycles. The van der Waals surface area contributed by atoms with Crippen LogP contribution in [0.5, 0.6) is 5.75 Å². The fourth-order valence-corrected chi connectivity index (χ4v) is 9.18. The largest absolute Gasteiger partial charge is 0.508 e. The number of phenols is 1. The number of carbonyl (C=O) groups is 4. The van der Waals surface area contributed by atoms with Crippen LogP contribution < -0.4 is 9.80 Å². The van der Waals surface area contributed by atoms with Crippen molar-refractivity contribution in [2.45, 2.75) is 24.2 Å². The van der Waals surface area contributed by atoms with E-state index in [9.17, 15) is 19.5 Å². The molecular weight excluding hydrogens is 671 g/mol. The van der Waals surface area contributed by atoms with Gasteiger partial charge in [0.15, 0.2) is 0 Å². The van der Waals surface area contributed by atoms with Gasteiger partial charge in [-0.25, -0.2) is 4.90 Å². The second-order valence-electron chi connectivity index (χ2n) is 12.8. The molecule has 2 saturated heterocycles. The molecule has 0 radical (unpaired) electrons. The Hall–Kier alpha value is -4.43. The Morgan fingerprint density at radius 2 is 1.38 bits per heavy atom. The predicted octanol–water partition coefficient (Wildman–Crippen LogP) is 7.72. The number of nitrogens with zero attached hydrogens (tertiary/aromatic N) is 2. The average molecular weight is 698 g/mol. The number of aromatic hydroxyl groups is 1. The molecule has 4 aliphatic rings. The monoisotopic (exact) mass is 696 g/mol. The van der Waals surface area contributed by atoms with Crippen molar-refractivity contribution in [3.05, 3.63) is 135 Å². The lowest BCUT2D eigenvalue weighted by Crippen LogP contribution is -2.53. The second-order valence-corrected chi connectivity index (χ2v) is 14.1. The zero-order valence-electron chi connectivity index (χ0n) is 25.2. The quantitative estimate of drug-likeness (QED) is 0.174. The highest BCUT2D eigenvalue weighted by atomic mass is 35.5. The van der Waals surface area contributed by atoms with E-state index >= 15 is 4.79 Å². The summed E-state index contributed by atoms with van der Waals surface area (Å²) in [6.45, 7) is 0. The third-order valence-electron chi connectivity index (χ3n) is 10.6. The minimum absolute atomic E-state index is 0.0970. The molecule has 0 spiro atoms. The first kappa shape index (κ1) is 30.9. The Balaban J connectivity index is 1.36. The third kappa shape index (κ3) is 4.34. The molecule has 0 bridgehead atoms. The molecule has 6 atom stereocenters. The minimum atomic E-state index is -1.51. The molecule has 6 unspecified atom stereocenters. The highest BCUT2D eigenvalue weighted by Gasteiger charge is 2.70. The SMILES string of the molecule is O=C1C2CC=C3C(CC4C(=O)N(c5cccc(Cl)c5)C(=O)C4(c4ccccc4)C3c3cc(Cl)ccc3O)C2C(=O)N1c1ccc(Cl)cc1. The van der Waals surface area contributed by atoms with Crippen molar-refractivity contribution in [2.75, 3.05) is 9.80 Å². The number of phenolic OH excluding ortho intramolecular Hbond substituents is 1. The second kappa shape index (κ2) is 11.3. The fourth-order valence-electron chi connectivity index (χ4n) is 8.69. The Labute approximate surface area is 291 Å². The number of anilines is 2.